The van der Waals surface area contributed by atoms with E-state index in [1.807, 2.05) is 6.20 Å². The number of halogens is 1. The molecular formula is C9H8ClN3O2S. The van der Waals surface area contributed by atoms with E-state index in [1.165, 1.54) is 10.7 Å². The molecular weight excluding hydrogens is 250 g/mol. The Hall–Kier alpha value is -1.14. The predicted molar refractivity (Wildman–Crippen MR) is 58.0 cm³/mol. The summed E-state index contributed by atoms with van der Waals surface area (Å²) in [6.45, 7) is 0. The fraction of sp³-hybridized carbons (Fsp3) is 0.333. The average Bonchev–Trinajstić information content (AvgIpc) is 2.95. The van der Waals surface area contributed by atoms with Crippen molar-refractivity contribution in [1.82, 2.24) is 14.6 Å². The van der Waals surface area contributed by atoms with Crippen LogP contribution in [-0.2, 0) is 9.05 Å². The van der Waals surface area contributed by atoms with Gasteiger partial charge in [0.05, 0.1) is 6.20 Å². The number of rotatable bonds is 2. The fourth-order valence-electron chi connectivity index (χ4n) is 1.67. The van der Waals surface area contributed by atoms with Crippen LogP contribution in [0.1, 0.15) is 24.3 Å². The topological polar surface area (TPSA) is 64.3 Å². The zero-order valence-electron chi connectivity index (χ0n) is 8.17. The van der Waals surface area contributed by atoms with Crippen LogP contribution in [-0.4, -0.2) is 23.0 Å². The monoisotopic (exact) mass is 257 g/mol. The highest BCUT2D eigenvalue weighted by molar-refractivity contribution is 8.13. The average molecular weight is 258 g/mol. The van der Waals surface area contributed by atoms with Crippen molar-refractivity contribution < 1.29 is 8.42 Å². The summed E-state index contributed by atoms with van der Waals surface area (Å²) < 4.78 is 23.9. The van der Waals surface area contributed by atoms with Gasteiger partial charge in [-0.3, -0.25) is 0 Å². The predicted octanol–water partition coefficient (Wildman–Crippen LogP) is 1.53. The third kappa shape index (κ3) is 1.58. The van der Waals surface area contributed by atoms with Gasteiger partial charge >= 0.3 is 0 Å². The molecule has 0 aromatic carbocycles. The SMILES string of the molecule is O=S(=O)(Cl)c1cnn2cc(C3CC3)cnc12. The van der Waals surface area contributed by atoms with Crippen LogP contribution in [0, 0.1) is 0 Å². The largest absolute Gasteiger partial charge is 0.266 e. The Labute approximate surface area is 96.5 Å². The van der Waals surface area contributed by atoms with Crippen LogP contribution < -0.4 is 0 Å². The van der Waals surface area contributed by atoms with Gasteiger partial charge in [-0.1, -0.05) is 0 Å². The summed E-state index contributed by atoms with van der Waals surface area (Å²) in [4.78, 5) is 4.06. The van der Waals surface area contributed by atoms with Crippen LogP contribution in [0.2, 0.25) is 0 Å². The van der Waals surface area contributed by atoms with E-state index in [0.717, 1.165) is 18.4 Å². The van der Waals surface area contributed by atoms with Gasteiger partial charge in [0.1, 0.15) is 4.90 Å². The second-order valence-corrected chi connectivity index (χ2v) is 6.41. The summed E-state index contributed by atoms with van der Waals surface area (Å²) in [7, 11) is 1.50. The molecule has 1 aliphatic carbocycles. The van der Waals surface area contributed by atoms with E-state index >= 15 is 0 Å². The summed E-state index contributed by atoms with van der Waals surface area (Å²) in [6.07, 6.45) is 7.05. The van der Waals surface area contributed by atoms with Crippen molar-refractivity contribution in [2.24, 2.45) is 0 Å². The molecule has 3 rings (SSSR count). The second-order valence-electron chi connectivity index (χ2n) is 3.88. The van der Waals surface area contributed by atoms with E-state index in [9.17, 15) is 8.42 Å². The van der Waals surface area contributed by atoms with Crippen LogP contribution in [0.25, 0.3) is 5.65 Å². The molecule has 0 amide bonds. The van der Waals surface area contributed by atoms with Crippen molar-refractivity contribution in [2.75, 3.05) is 0 Å². The molecule has 2 aromatic heterocycles. The van der Waals surface area contributed by atoms with Crippen molar-refractivity contribution in [2.45, 2.75) is 23.7 Å². The number of fused-ring (bicyclic) bond motifs is 1. The molecule has 1 fully saturated rings. The molecule has 7 heteroatoms. The first-order valence-electron chi connectivity index (χ1n) is 4.83. The van der Waals surface area contributed by atoms with E-state index in [2.05, 4.69) is 10.1 Å². The summed E-state index contributed by atoms with van der Waals surface area (Å²) in [5, 5.41) is 3.95. The molecule has 0 radical (unpaired) electrons. The fourth-order valence-corrected chi connectivity index (χ4v) is 2.53. The first kappa shape index (κ1) is 10.0. The molecule has 0 atom stereocenters. The van der Waals surface area contributed by atoms with E-state index < -0.39 is 9.05 Å². The highest BCUT2D eigenvalue weighted by atomic mass is 35.7. The van der Waals surface area contributed by atoms with Crippen LogP contribution in [0.15, 0.2) is 23.5 Å². The molecule has 0 saturated heterocycles. The van der Waals surface area contributed by atoms with Crippen LogP contribution in [0.4, 0.5) is 0 Å². The minimum atomic E-state index is -3.78. The standard InChI is InChI=1S/C9H8ClN3O2S/c10-16(14,15)8-4-12-13-5-7(6-1-2-6)3-11-9(8)13/h3-6H,1-2H2. The van der Waals surface area contributed by atoms with Crippen LogP contribution >= 0.6 is 10.7 Å². The first-order valence-corrected chi connectivity index (χ1v) is 7.14. The minimum Gasteiger partial charge on any atom is -0.236 e. The molecule has 16 heavy (non-hydrogen) atoms. The van der Waals surface area contributed by atoms with E-state index in [0.29, 0.717) is 5.92 Å². The molecule has 0 spiro atoms. The van der Waals surface area contributed by atoms with Crippen molar-refractivity contribution >= 4 is 25.4 Å². The lowest BCUT2D eigenvalue weighted by Crippen LogP contribution is -1.96. The molecule has 0 aliphatic heterocycles. The third-order valence-corrected chi connectivity index (χ3v) is 3.97. The van der Waals surface area contributed by atoms with Crippen molar-refractivity contribution in [3.05, 3.63) is 24.2 Å². The molecule has 2 aromatic rings. The lowest BCUT2D eigenvalue weighted by Gasteiger charge is -1.98. The van der Waals surface area contributed by atoms with Gasteiger partial charge in [0.15, 0.2) is 5.65 Å². The summed E-state index contributed by atoms with van der Waals surface area (Å²) in [5.74, 6) is 0.553. The van der Waals surface area contributed by atoms with Gasteiger partial charge in [0.25, 0.3) is 9.05 Å². The normalized spacial score (nSPS) is 16.8. The molecule has 0 N–H and O–H groups in total. The Balaban J connectivity index is 2.21. The van der Waals surface area contributed by atoms with Crippen LogP contribution in [0.5, 0.6) is 0 Å². The van der Waals surface area contributed by atoms with Gasteiger partial charge in [-0.05, 0) is 24.3 Å². The number of nitrogens with zero attached hydrogens (tertiary/aromatic N) is 3. The van der Waals surface area contributed by atoms with Gasteiger partial charge in [0.2, 0.25) is 0 Å². The molecule has 2 heterocycles. The van der Waals surface area contributed by atoms with Gasteiger partial charge in [-0.25, -0.2) is 17.9 Å². The molecule has 0 unspecified atom stereocenters. The zero-order chi connectivity index (χ0) is 11.3. The first-order chi connectivity index (χ1) is 7.55. The maximum Gasteiger partial charge on any atom is 0.266 e. The maximum atomic E-state index is 11.2. The minimum absolute atomic E-state index is 0.0449. The van der Waals surface area contributed by atoms with Crippen molar-refractivity contribution in [3.8, 4) is 0 Å². The van der Waals surface area contributed by atoms with E-state index in [-0.39, 0.29) is 10.5 Å². The number of aromatic nitrogens is 3. The molecule has 1 aliphatic rings. The highest BCUT2D eigenvalue weighted by Gasteiger charge is 2.25. The highest BCUT2D eigenvalue weighted by Crippen LogP contribution is 2.39. The molecule has 5 nitrogen and oxygen atoms in total. The Morgan fingerprint density at radius 1 is 1.38 bits per heavy atom. The lowest BCUT2D eigenvalue weighted by molar-refractivity contribution is 0.610. The van der Waals surface area contributed by atoms with Crippen molar-refractivity contribution in [3.63, 3.8) is 0 Å². The molecule has 0 bridgehead atoms. The molecule has 1 saturated carbocycles. The Morgan fingerprint density at radius 2 is 2.12 bits per heavy atom. The summed E-state index contributed by atoms with van der Waals surface area (Å²) in [6, 6.07) is 0. The van der Waals surface area contributed by atoms with Gasteiger partial charge < -0.3 is 0 Å². The van der Waals surface area contributed by atoms with E-state index in [4.69, 9.17) is 10.7 Å². The Kier molecular flexibility index (Phi) is 1.99. The van der Waals surface area contributed by atoms with Crippen LogP contribution in [0.3, 0.4) is 0 Å². The number of hydrogen-bond acceptors (Lipinski definition) is 4. The summed E-state index contributed by atoms with van der Waals surface area (Å²) in [5.41, 5.74) is 1.37. The Bertz CT molecular complexity index is 660. The van der Waals surface area contributed by atoms with Gasteiger partial charge in [0, 0.05) is 23.1 Å². The third-order valence-electron chi connectivity index (χ3n) is 2.66. The zero-order valence-corrected chi connectivity index (χ0v) is 9.74. The van der Waals surface area contributed by atoms with Gasteiger partial charge in [-0.15, -0.1) is 0 Å². The quantitative estimate of drug-likeness (QED) is 0.766. The second kappa shape index (κ2) is 3.18. The van der Waals surface area contributed by atoms with E-state index in [1.54, 1.807) is 6.20 Å². The number of hydrogen-bond donors (Lipinski definition) is 0. The van der Waals surface area contributed by atoms with Gasteiger partial charge in [-0.2, -0.15) is 5.10 Å². The Morgan fingerprint density at radius 3 is 2.75 bits per heavy atom. The molecule has 84 valence electrons. The summed E-state index contributed by atoms with van der Waals surface area (Å²) >= 11 is 0. The maximum absolute atomic E-state index is 11.2. The lowest BCUT2D eigenvalue weighted by atomic mass is 10.2. The smallest absolute Gasteiger partial charge is 0.236 e. The van der Waals surface area contributed by atoms with Crippen molar-refractivity contribution in [1.29, 1.82) is 0 Å².